The molecule has 1 N–H and O–H groups in total. The second kappa shape index (κ2) is 7.86. The van der Waals surface area contributed by atoms with E-state index in [2.05, 4.69) is 14.9 Å². The van der Waals surface area contributed by atoms with Crippen molar-refractivity contribution >= 4 is 21.6 Å². The number of hydrogen-bond donors (Lipinski definition) is 1. The molecule has 0 saturated carbocycles. The van der Waals surface area contributed by atoms with E-state index >= 15 is 0 Å². The molecule has 0 spiro atoms. The van der Waals surface area contributed by atoms with Crippen LogP contribution in [0.4, 0.5) is 0 Å². The van der Waals surface area contributed by atoms with Gasteiger partial charge in [-0.25, -0.2) is 13.1 Å². The second-order valence-electron chi connectivity index (χ2n) is 5.21. The van der Waals surface area contributed by atoms with Gasteiger partial charge >= 0.3 is 0 Å². The normalized spacial score (nSPS) is 11.5. The fourth-order valence-corrected chi connectivity index (χ4v) is 3.38. The average Bonchev–Trinajstić information content (AvgIpc) is 3.10. The van der Waals surface area contributed by atoms with Crippen molar-refractivity contribution in [1.29, 1.82) is 0 Å². The number of rotatable bonds is 7. The lowest BCUT2D eigenvalue weighted by Gasteiger charge is -2.06. The molecule has 0 aliphatic heterocycles. The van der Waals surface area contributed by atoms with Crippen molar-refractivity contribution in [3.63, 3.8) is 0 Å². The van der Waals surface area contributed by atoms with Crippen molar-refractivity contribution in [3.8, 4) is 17.2 Å². The zero-order valence-corrected chi connectivity index (χ0v) is 15.4. The van der Waals surface area contributed by atoms with Crippen molar-refractivity contribution in [2.24, 2.45) is 0 Å². The fraction of sp³-hybridized carbons (Fsp3) is 0.176. The lowest BCUT2D eigenvalue weighted by molar-refractivity contribution is 0.340. The number of hydrogen-bond acceptors (Lipinski definition) is 6. The molecule has 0 bridgehead atoms. The SMILES string of the molecule is CCOc1ccc(S(=O)(=O)NCc2nnc(-c3ccccc3Cl)o2)cc1. The minimum Gasteiger partial charge on any atom is -0.494 e. The summed E-state index contributed by atoms with van der Waals surface area (Å²) in [7, 11) is -3.71. The number of ether oxygens (including phenoxy) is 1. The first-order chi connectivity index (χ1) is 12.5. The molecule has 7 nitrogen and oxygen atoms in total. The molecule has 0 atom stereocenters. The second-order valence-corrected chi connectivity index (χ2v) is 7.38. The van der Waals surface area contributed by atoms with E-state index < -0.39 is 10.0 Å². The molecule has 3 rings (SSSR count). The van der Waals surface area contributed by atoms with Gasteiger partial charge in [0, 0.05) is 0 Å². The summed E-state index contributed by atoms with van der Waals surface area (Å²) >= 11 is 6.08. The molecular weight excluding hydrogens is 378 g/mol. The summed E-state index contributed by atoms with van der Waals surface area (Å²) in [6, 6.07) is 13.2. The number of halogens is 1. The smallest absolute Gasteiger partial charge is 0.249 e. The van der Waals surface area contributed by atoms with E-state index in [1.807, 2.05) is 6.92 Å². The van der Waals surface area contributed by atoms with Crippen LogP contribution >= 0.6 is 11.6 Å². The van der Waals surface area contributed by atoms with Gasteiger partial charge in [0.25, 0.3) is 0 Å². The highest BCUT2D eigenvalue weighted by Crippen LogP contribution is 2.26. The van der Waals surface area contributed by atoms with E-state index in [1.54, 1.807) is 36.4 Å². The summed E-state index contributed by atoms with van der Waals surface area (Å²) in [4.78, 5) is 0.117. The van der Waals surface area contributed by atoms with Gasteiger partial charge in [0.2, 0.25) is 21.8 Å². The first-order valence-electron chi connectivity index (χ1n) is 7.79. The Bertz CT molecular complexity index is 987. The molecule has 0 saturated heterocycles. The van der Waals surface area contributed by atoms with Crippen LogP contribution in [-0.2, 0) is 16.6 Å². The standard InChI is InChI=1S/C17H16ClN3O4S/c1-2-24-12-7-9-13(10-8-12)26(22,23)19-11-16-20-21-17(25-16)14-5-3-4-6-15(14)18/h3-10,19H,2,11H2,1H3. The lowest BCUT2D eigenvalue weighted by atomic mass is 10.2. The number of aromatic nitrogens is 2. The number of sulfonamides is 1. The maximum absolute atomic E-state index is 12.3. The average molecular weight is 394 g/mol. The highest BCUT2D eigenvalue weighted by Gasteiger charge is 2.17. The third-order valence-electron chi connectivity index (χ3n) is 3.43. The zero-order chi connectivity index (χ0) is 18.6. The van der Waals surface area contributed by atoms with E-state index in [0.717, 1.165) is 0 Å². The molecule has 0 radical (unpaired) electrons. The van der Waals surface area contributed by atoms with E-state index in [-0.39, 0.29) is 23.2 Å². The predicted octanol–water partition coefficient (Wildman–Crippen LogP) is 3.27. The number of nitrogens with zero attached hydrogens (tertiary/aromatic N) is 2. The molecular formula is C17H16ClN3O4S. The van der Waals surface area contributed by atoms with Crippen LogP contribution in [0.25, 0.3) is 11.5 Å². The molecule has 1 heterocycles. The Hall–Kier alpha value is -2.42. The van der Waals surface area contributed by atoms with Crippen LogP contribution in [0.5, 0.6) is 5.75 Å². The van der Waals surface area contributed by atoms with E-state index in [4.69, 9.17) is 20.8 Å². The molecule has 0 unspecified atom stereocenters. The Kier molecular flexibility index (Phi) is 5.55. The number of benzene rings is 2. The van der Waals surface area contributed by atoms with Crippen LogP contribution in [0, 0.1) is 0 Å². The summed E-state index contributed by atoms with van der Waals surface area (Å²) in [6.45, 7) is 2.23. The Morgan fingerprint density at radius 2 is 1.85 bits per heavy atom. The van der Waals surface area contributed by atoms with Crippen LogP contribution in [0.15, 0.2) is 57.8 Å². The van der Waals surface area contributed by atoms with Crippen molar-refractivity contribution < 1.29 is 17.6 Å². The lowest BCUT2D eigenvalue weighted by Crippen LogP contribution is -2.23. The summed E-state index contributed by atoms with van der Waals surface area (Å²) < 4.78 is 37.9. The highest BCUT2D eigenvalue weighted by atomic mass is 35.5. The summed E-state index contributed by atoms with van der Waals surface area (Å²) in [5, 5.41) is 8.22. The van der Waals surface area contributed by atoms with Gasteiger partial charge in [0.1, 0.15) is 5.75 Å². The van der Waals surface area contributed by atoms with Gasteiger partial charge in [0.05, 0.1) is 28.6 Å². The van der Waals surface area contributed by atoms with E-state index in [9.17, 15) is 8.42 Å². The first kappa shape index (κ1) is 18.4. The van der Waals surface area contributed by atoms with Crippen LogP contribution in [0.1, 0.15) is 12.8 Å². The summed E-state index contributed by atoms with van der Waals surface area (Å²) in [5.41, 5.74) is 0.585. The van der Waals surface area contributed by atoms with Crippen molar-refractivity contribution in [1.82, 2.24) is 14.9 Å². The molecule has 1 aromatic heterocycles. The van der Waals surface area contributed by atoms with Crippen LogP contribution in [-0.4, -0.2) is 25.2 Å². The third-order valence-corrected chi connectivity index (χ3v) is 5.18. The van der Waals surface area contributed by atoms with Crippen molar-refractivity contribution in [3.05, 3.63) is 59.4 Å². The first-order valence-corrected chi connectivity index (χ1v) is 9.65. The minimum atomic E-state index is -3.71. The van der Waals surface area contributed by atoms with Gasteiger partial charge in [-0.3, -0.25) is 0 Å². The predicted molar refractivity (Wildman–Crippen MR) is 96.4 cm³/mol. The fourth-order valence-electron chi connectivity index (χ4n) is 2.19. The third kappa shape index (κ3) is 4.21. The Labute approximate surface area is 156 Å². The molecule has 0 fully saturated rings. The largest absolute Gasteiger partial charge is 0.494 e. The van der Waals surface area contributed by atoms with Crippen LogP contribution < -0.4 is 9.46 Å². The van der Waals surface area contributed by atoms with Gasteiger partial charge < -0.3 is 9.15 Å². The molecule has 2 aromatic carbocycles. The molecule has 0 aliphatic rings. The monoisotopic (exact) mass is 393 g/mol. The summed E-state index contributed by atoms with van der Waals surface area (Å²) in [5.74, 6) is 0.966. The Balaban J connectivity index is 1.69. The van der Waals surface area contributed by atoms with Gasteiger partial charge in [-0.05, 0) is 43.3 Å². The van der Waals surface area contributed by atoms with Gasteiger partial charge in [-0.15, -0.1) is 10.2 Å². The molecule has 9 heteroatoms. The van der Waals surface area contributed by atoms with Gasteiger partial charge in [-0.2, -0.15) is 0 Å². The zero-order valence-electron chi connectivity index (χ0n) is 13.8. The molecule has 26 heavy (non-hydrogen) atoms. The van der Waals surface area contributed by atoms with E-state index in [0.29, 0.717) is 22.9 Å². The topological polar surface area (TPSA) is 94.3 Å². The highest BCUT2D eigenvalue weighted by molar-refractivity contribution is 7.89. The Morgan fingerprint density at radius 1 is 1.12 bits per heavy atom. The molecule has 0 aliphatic carbocycles. The molecule has 3 aromatic rings. The van der Waals surface area contributed by atoms with Crippen molar-refractivity contribution in [2.45, 2.75) is 18.4 Å². The van der Waals surface area contributed by atoms with E-state index in [1.165, 1.54) is 12.1 Å². The van der Waals surface area contributed by atoms with Crippen LogP contribution in [0.3, 0.4) is 0 Å². The Morgan fingerprint density at radius 3 is 2.54 bits per heavy atom. The summed E-state index contributed by atoms with van der Waals surface area (Å²) in [6.07, 6.45) is 0. The maximum atomic E-state index is 12.3. The van der Waals surface area contributed by atoms with Gasteiger partial charge in [-0.1, -0.05) is 23.7 Å². The van der Waals surface area contributed by atoms with Crippen LogP contribution in [0.2, 0.25) is 5.02 Å². The molecule has 136 valence electrons. The quantitative estimate of drug-likeness (QED) is 0.662. The molecule has 0 amide bonds. The van der Waals surface area contributed by atoms with Crippen molar-refractivity contribution in [2.75, 3.05) is 6.61 Å². The van der Waals surface area contributed by atoms with Gasteiger partial charge in [0.15, 0.2) is 0 Å². The number of nitrogens with one attached hydrogen (secondary N) is 1. The minimum absolute atomic E-state index is 0.117. The maximum Gasteiger partial charge on any atom is 0.249 e.